The van der Waals surface area contributed by atoms with Gasteiger partial charge in [-0.05, 0) is 12.5 Å². The van der Waals surface area contributed by atoms with Gasteiger partial charge in [-0.3, -0.25) is 9.35 Å². The number of nitrogens with two attached hydrogens (primary N) is 1. The van der Waals surface area contributed by atoms with Crippen molar-refractivity contribution in [2.75, 3.05) is 13.1 Å². The molecule has 0 radical (unpaired) electrons. The van der Waals surface area contributed by atoms with Crippen molar-refractivity contribution >= 4 is 69.4 Å². The van der Waals surface area contributed by atoms with Gasteiger partial charge in [0, 0.05) is 12.1 Å². The second-order valence-electron chi connectivity index (χ2n) is 7.86. The first-order valence-corrected chi connectivity index (χ1v) is 11.9. The van der Waals surface area contributed by atoms with Crippen LogP contribution in [0.1, 0.15) is 12.5 Å². The van der Waals surface area contributed by atoms with E-state index in [1.165, 1.54) is 31.2 Å². The zero-order chi connectivity index (χ0) is 25.8. The molecule has 2 unspecified atom stereocenters. The van der Waals surface area contributed by atoms with Gasteiger partial charge in [-0.1, -0.05) is 48.5 Å². The van der Waals surface area contributed by atoms with E-state index < -0.39 is 63.8 Å². The predicted octanol–water partition coefficient (Wildman–Crippen LogP) is -0.314. The third-order valence-corrected chi connectivity index (χ3v) is 6.39. The zero-order valence-electron chi connectivity index (χ0n) is 18.7. The van der Waals surface area contributed by atoms with Crippen LogP contribution in [0.2, 0.25) is 0 Å². The number of alkyl carbamates (subject to hydrolysis) is 1. The monoisotopic (exact) mass is 529 g/mol. The summed E-state index contributed by atoms with van der Waals surface area (Å²) in [5.41, 5.74) is 6.58. The van der Waals surface area contributed by atoms with Crippen LogP contribution in [0.3, 0.4) is 0 Å². The summed E-state index contributed by atoms with van der Waals surface area (Å²) >= 11 is 0. The fraction of sp³-hybridized carbons (Fsp3) is 0.273. The van der Waals surface area contributed by atoms with Gasteiger partial charge in [-0.2, -0.15) is 12.9 Å². The molecule has 0 saturated carbocycles. The molecule has 0 aromatic heterocycles. The minimum atomic E-state index is -4.89. The van der Waals surface area contributed by atoms with E-state index in [4.69, 9.17) is 10.5 Å². The number of benzene rings is 2. The molecule has 2 aromatic rings. The van der Waals surface area contributed by atoms with Crippen LogP contribution < -0.4 is 15.5 Å². The van der Waals surface area contributed by atoms with Gasteiger partial charge in [0.05, 0.1) is 0 Å². The molecule has 0 aliphatic carbocycles. The molecule has 1 saturated heterocycles. The number of para-hydroxylation sites is 1. The quantitative estimate of drug-likeness (QED) is 0.179. The van der Waals surface area contributed by atoms with Gasteiger partial charge in [0.15, 0.2) is 0 Å². The molecule has 12 nitrogen and oxygen atoms in total. The summed E-state index contributed by atoms with van der Waals surface area (Å²) in [5, 5.41) is 2.27. The predicted molar refractivity (Wildman–Crippen MR) is 131 cm³/mol. The number of carbonyl (C=O) groups is 4. The first-order valence-electron chi connectivity index (χ1n) is 10.5. The molecular formula is C22H26N4NaO8S+. The number of ether oxygens (including phenoxy) is 1. The summed E-state index contributed by atoms with van der Waals surface area (Å²) in [7, 11) is -4.89. The number of hydrogen-bond donors (Lipinski definition) is 3. The molecule has 3 atom stereocenters. The number of rotatable bonds is 8. The van der Waals surface area contributed by atoms with Gasteiger partial charge < -0.3 is 15.8 Å². The molecule has 36 heavy (non-hydrogen) atoms. The van der Waals surface area contributed by atoms with E-state index in [0.717, 1.165) is 0 Å². The SMILES string of the molecule is C[C@@H](N)C(=O)[N+](C(=O)CNC(=O)OCc1ccccc1)(c1ccccc1)C1CN(S(=O)(=O)O)C1=O.[NaH]. The van der Waals surface area contributed by atoms with Crippen LogP contribution in [0.5, 0.6) is 0 Å². The Labute approximate surface area is 230 Å². The van der Waals surface area contributed by atoms with Gasteiger partial charge in [-0.15, -0.1) is 0 Å². The van der Waals surface area contributed by atoms with Crippen LogP contribution >= 0.6 is 0 Å². The number of nitrogens with zero attached hydrogens (tertiary/aromatic N) is 2. The fourth-order valence-corrected chi connectivity index (χ4v) is 4.49. The molecule has 4 amide bonds. The average molecular weight is 530 g/mol. The Morgan fingerprint density at radius 3 is 2.19 bits per heavy atom. The molecule has 14 heteroatoms. The molecular weight excluding hydrogens is 503 g/mol. The van der Waals surface area contributed by atoms with Gasteiger partial charge in [0.25, 0.3) is 5.91 Å². The maximum absolute atomic E-state index is 13.6. The molecule has 1 aliphatic heterocycles. The topological polar surface area (TPSA) is 173 Å². The Bertz CT molecular complexity index is 1230. The Balaban J connectivity index is 0.00000456. The van der Waals surface area contributed by atoms with Crippen LogP contribution in [-0.2, 0) is 36.0 Å². The number of amides is 4. The van der Waals surface area contributed by atoms with Crippen LogP contribution in [-0.4, -0.2) is 95.8 Å². The minimum absolute atomic E-state index is 0. The molecule has 0 bridgehead atoms. The molecule has 4 N–H and O–H groups in total. The summed E-state index contributed by atoms with van der Waals surface area (Å²) in [4.78, 5) is 51.9. The van der Waals surface area contributed by atoms with Crippen molar-refractivity contribution in [3.8, 4) is 0 Å². The summed E-state index contributed by atoms with van der Waals surface area (Å²) in [6.07, 6.45) is -0.943. The normalized spacial score (nSPS) is 17.6. The van der Waals surface area contributed by atoms with Crippen molar-refractivity contribution in [2.45, 2.75) is 25.6 Å². The van der Waals surface area contributed by atoms with E-state index in [-0.39, 0.29) is 46.2 Å². The van der Waals surface area contributed by atoms with Crippen molar-refractivity contribution in [1.82, 2.24) is 14.1 Å². The van der Waals surface area contributed by atoms with E-state index >= 15 is 0 Å². The third kappa shape index (κ3) is 6.00. The molecule has 1 fully saturated rings. The van der Waals surface area contributed by atoms with Crippen molar-refractivity contribution in [1.29, 1.82) is 0 Å². The van der Waals surface area contributed by atoms with Crippen LogP contribution in [0.15, 0.2) is 60.7 Å². The Morgan fingerprint density at radius 1 is 1.14 bits per heavy atom. The molecule has 3 rings (SSSR count). The van der Waals surface area contributed by atoms with Gasteiger partial charge in [0.1, 0.15) is 31.4 Å². The van der Waals surface area contributed by atoms with E-state index in [1.54, 1.807) is 36.4 Å². The molecule has 188 valence electrons. The summed E-state index contributed by atoms with van der Waals surface area (Å²) < 4.78 is 36.2. The van der Waals surface area contributed by atoms with Gasteiger partial charge in [0.2, 0.25) is 6.04 Å². The van der Waals surface area contributed by atoms with Crippen molar-refractivity contribution in [2.24, 2.45) is 5.73 Å². The average Bonchev–Trinajstić information content (AvgIpc) is 2.83. The van der Waals surface area contributed by atoms with E-state index in [9.17, 15) is 32.1 Å². The fourth-order valence-electron chi connectivity index (χ4n) is 3.81. The van der Waals surface area contributed by atoms with Crippen molar-refractivity contribution in [3.05, 3.63) is 66.2 Å². The summed E-state index contributed by atoms with van der Waals surface area (Å²) in [6.45, 7) is -0.120. The number of β-lactam (4-membered cyclic amide) rings is 1. The number of imide groups is 1. The van der Waals surface area contributed by atoms with Gasteiger partial charge in [-0.25, -0.2) is 18.7 Å². The maximum atomic E-state index is 13.6. The first kappa shape index (κ1) is 29.6. The summed E-state index contributed by atoms with van der Waals surface area (Å²) in [5.74, 6) is -3.00. The molecule has 1 aliphatic rings. The van der Waals surface area contributed by atoms with Crippen LogP contribution in [0.4, 0.5) is 10.5 Å². The van der Waals surface area contributed by atoms with E-state index in [1.807, 2.05) is 0 Å². The second kappa shape index (κ2) is 12.1. The number of quaternary nitrogens is 1. The van der Waals surface area contributed by atoms with Gasteiger partial charge >= 0.3 is 57.8 Å². The van der Waals surface area contributed by atoms with Crippen LogP contribution in [0, 0.1) is 0 Å². The second-order valence-corrected chi connectivity index (χ2v) is 9.19. The third-order valence-electron chi connectivity index (χ3n) is 5.51. The Kier molecular flexibility index (Phi) is 9.91. The molecule has 0 spiro atoms. The number of hydrogen-bond acceptors (Lipinski definition) is 8. The zero-order valence-corrected chi connectivity index (χ0v) is 19.6. The number of carbonyl (C=O) groups excluding carboxylic acids is 4. The van der Waals surface area contributed by atoms with E-state index in [0.29, 0.717) is 5.56 Å². The summed E-state index contributed by atoms with van der Waals surface area (Å²) in [6, 6.07) is 13.5. The molecule has 2 aromatic carbocycles. The molecule has 1 heterocycles. The van der Waals surface area contributed by atoms with Crippen molar-refractivity contribution in [3.63, 3.8) is 0 Å². The Morgan fingerprint density at radius 2 is 1.69 bits per heavy atom. The Hall–Kier alpha value is -2.65. The van der Waals surface area contributed by atoms with Crippen LogP contribution in [0.25, 0.3) is 0 Å². The van der Waals surface area contributed by atoms with Crippen molar-refractivity contribution < 1.29 is 36.9 Å². The standard InChI is InChI=1S/C22H24N4O8S.Na.H/c1-15(23)21(29)26(17-10-6-3-7-11-17,18-13-25(20(18)28)35(31,32)33)19(27)12-24-22(30)34-14-16-8-4-2-5-9-16;;/h2-11,15,18H,12-14,23H2,1H3,(H-,24,30,31,32,33);;/p+1/t15-,18?,26?;;/m1../s1. The number of nitrogens with one attached hydrogen (secondary N) is 1. The van der Waals surface area contributed by atoms with E-state index in [2.05, 4.69) is 5.32 Å². The first-order chi connectivity index (χ1) is 16.5.